The standard InChI is InChI=1S/C16H19NO4S2/c1-16(19,14-8-5-10-22-14)12-17-15(18)9-11-23(20,21)13-6-3-2-4-7-13/h2-8,10,19H,9,11-12H2,1H3,(H,17,18)/t16-/m1/s1. The number of benzene rings is 1. The number of hydrogen-bond acceptors (Lipinski definition) is 5. The van der Waals surface area contributed by atoms with Gasteiger partial charge in [-0.05, 0) is 30.5 Å². The average Bonchev–Trinajstić information content (AvgIpc) is 3.07. The Kier molecular flexibility index (Phi) is 5.56. The second kappa shape index (κ2) is 7.25. The van der Waals surface area contributed by atoms with E-state index in [0.29, 0.717) is 0 Å². The first-order valence-corrected chi connectivity index (χ1v) is 9.65. The fourth-order valence-corrected chi connectivity index (χ4v) is 4.05. The highest BCUT2D eigenvalue weighted by molar-refractivity contribution is 7.91. The van der Waals surface area contributed by atoms with Crippen molar-refractivity contribution in [3.63, 3.8) is 0 Å². The number of carbonyl (C=O) groups is 1. The third kappa shape index (κ3) is 4.89. The molecule has 124 valence electrons. The van der Waals surface area contributed by atoms with Crippen LogP contribution in [0.1, 0.15) is 18.2 Å². The predicted molar refractivity (Wildman–Crippen MR) is 90.0 cm³/mol. The minimum atomic E-state index is -3.47. The van der Waals surface area contributed by atoms with E-state index in [0.717, 1.165) is 4.88 Å². The zero-order valence-corrected chi connectivity index (χ0v) is 14.4. The zero-order chi connectivity index (χ0) is 16.9. The molecule has 0 saturated heterocycles. The van der Waals surface area contributed by atoms with E-state index in [-0.39, 0.29) is 23.6 Å². The van der Waals surface area contributed by atoms with Crippen LogP contribution in [0.2, 0.25) is 0 Å². The van der Waals surface area contributed by atoms with Crippen molar-refractivity contribution in [2.24, 2.45) is 0 Å². The van der Waals surface area contributed by atoms with E-state index in [1.54, 1.807) is 31.2 Å². The number of nitrogens with one attached hydrogen (secondary N) is 1. The van der Waals surface area contributed by atoms with Gasteiger partial charge in [0.25, 0.3) is 0 Å². The Morgan fingerprint density at radius 3 is 2.52 bits per heavy atom. The monoisotopic (exact) mass is 353 g/mol. The molecule has 0 saturated carbocycles. The Hall–Kier alpha value is -1.70. The number of aliphatic hydroxyl groups is 1. The van der Waals surface area contributed by atoms with Crippen molar-refractivity contribution in [1.82, 2.24) is 5.32 Å². The molecule has 0 radical (unpaired) electrons. The fourth-order valence-electron chi connectivity index (χ4n) is 2.00. The maximum atomic E-state index is 12.1. The summed E-state index contributed by atoms with van der Waals surface area (Å²) in [5.74, 6) is -0.661. The summed E-state index contributed by atoms with van der Waals surface area (Å²) < 4.78 is 24.2. The summed E-state index contributed by atoms with van der Waals surface area (Å²) in [5.41, 5.74) is -1.16. The van der Waals surface area contributed by atoms with Crippen LogP contribution in [-0.4, -0.2) is 31.7 Å². The first-order chi connectivity index (χ1) is 10.8. The lowest BCUT2D eigenvalue weighted by molar-refractivity contribution is -0.121. The number of carbonyl (C=O) groups excluding carboxylic acids is 1. The van der Waals surface area contributed by atoms with Crippen molar-refractivity contribution in [2.45, 2.75) is 23.8 Å². The SMILES string of the molecule is C[C@@](O)(CNC(=O)CCS(=O)(=O)c1ccccc1)c1cccs1. The van der Waals surface area contributed by atoms with Gasteiger partial charge in [-0.15, -0.1) is 11.3 Å². The van der Waals surface area contributed by atoms with Crippen LogP contribution < -0.4 is 5.32 Å². The molecule has 7 heteroatoms. The molecule has 0 aliphatic carbocycles. The fraction of sp³-hybridized carbons (Fsp3) is 0.312. The van der Waals surface area contributed by atoms with Crippen LogP contribution in [0.3, 0.4) is 0 Å². The van der Waals surface area contributed by atoms with Gasteiger partial charge in [0.15, 0.2) is 9.84 Å². The van der Waals surface area contributed by atoms with E-state index in [2.05, 4.69) is 5.32 Å². The minimum Gasteiger partial charge on any atom is -0.383 e. The second-order valence-corrected chi connectivity index (χ2v) is 8.47. The number of hydrogen-bond donors (Lipinski definition) is 2. The van der Waals surface area contributed by atoms with Gasteiger partial charge in [0.1, 0.15) is 5.60 Å². The maximum Gasteiger partial charge on any atom is 0.221 e. The zero-order valence-electron chi connectivity index (χ0n) is 12.7. The van der Waals surface area contributed by atoms with Crippen molar-refractivity contribution in [3.05, 3.63) is 52.7 Å². The lowest BCUT2D eigenvalue weighted by Crippen LogP contribution is -2.38. The third-order valence-corrected chi connectivity index (χ3v) is 6.24. The Morgan fingerprint density at radius 1 is 1.22 bits per heavy atom. The summed E-state index contributed by atoms with van der Waals surface area (Å²) in [5, 5.41) is 14.7. The summed E-state index contributed by atoms with van der Waals surface area (Å²) in [6.07, 6.45) is -0.141. The topological polar surface area (TPSA) is 83.5 Å². The second-order valence-electron chi connectivity index (χ2n) is 5.41. The van der Waals surface area contributed by atoms with Gasteiger partial charge in [-0.3, -0.25) is 4.79 Å². The summed E-state index contributed by atoms with van der Waals surface area (Å²) in [7, 11) is -3.47. The highest BCUT2D eigenvalue weighted by Crippen LogP contribution is 2.24. The normalized spacial score (nSPS) is 14.2. The number of amides is 1. The van der Waals surface area contributed by atoms with Crippen molar-refractivity contribution in [1.29, 1.82) is 0 Å². The average molecular weight is 353 g/mol. The maximum absolute atomic E-state index is 12.1. The van der Waals surface area contributed by atoms with E-state index in [4.69, 9.17) is 0 Å². The van der Waals surface area contributed by atoms with E-state index in [1.165, 1.54) is 23.5 Å². The van der Waals surface area contributed by atoms with Gasteiger partial charge in [0, 0.05) is 11.3 Å². The largest absolute Gasteiger partial charge is 0.383 e. The summed E-state index contributed by atoms with van der Waals surface area (Å²) >= 11 is 1.40. The predicted octanol–water partition coefficient (Wildman–Crippen LogP) is 1.94. The van der Waals surface area contributed by atoms with Gasteiger partial charge in [-0.1, -0.05) is 24.3 Å². The molecule has 0 aliphatic heterocycles. The molecule has 5 nitrogen and oxygen atoms in total. The van der Waals surface area contributed by atoms with E-state index < -0.39 is 21.3 Å². The Labute approximate surface area is 139 Å². The Bertz CT molecular complexity index is 738. The molecule has 0 spiro atoms. The van der Waals surface area contributed by atoms with Gasteiger partial charge in [0.05, 0.1) is 17.2 Å². The minimum absolute atomic E-state index is 0.0394. The quantitative estimate of drug-likeness (QED) is 0.797. The van der Waals surface area contributed by atoms with Gasteiger partial charge >= 0.3 is 0 Å². The summed E-state index contributed by atoms with van der Waals surface area (Å²) in [6, 6.07) is 11.7. The summed E-state index contributed by atoms with van der Waals surface area (Å²) in [4.78, 5) is 12.8. The first kappa shape index (κ1) is 17.7. The first-order valence-electron chi connectivity index (χ1n) is 7.12. The van der Waals surface area contributed by atoms with E-state index in [1.807, 2.05) is 11.4 Å². The molecule has 0 aliphatic rings. The molecule has 1 aromatic heterocycles. The van der Waals surface area contributed by atoms with Crippen LogP contribution in [0.4, 0.5) is 0 Å². The van der Waals surface area contributed by atoms with Gasteiger partial charge in [-0.2, -0.15) is 0 Å². The van der Waals surface area contributed by atoms with Crippen LogP contribution in [-0.2, 0) is 20.2 Å². The lowest BCUT2D eigenvalue weighted by Gasteiger charge is -2.22. The molecule has 23 heavy (non-hydrogen) atoms. The van der Waals surface area contributed by atoms with Crippen LogP contribution in [0.25, 0.3) is 0 Å². The molecule has 1 atom stereocenters. The van der Waals surface area contributed by atoms with Crippen molar-refractivity contribution >= 4 is 27.1 Å². The highest BCUT2D eigenvalue weighted by atomic mass is 32.2. The van der Waals surface area contributed by atoms with Crippen molar-refractivity contribution in [3.8, 4) is 0 Å². The molecule has 2 rings (SSSR count). The molecule has 0 fully saturated rings. The van der Waals surface area contributed by atoms with Gasteiger partial charge < -0.3 is 10.4 Å². The number of thiophene rings is 1. The van der Waals surface area contributed by atoms with E-state index in [9.17, 15) is 18.3 Å². The van der Waals surface area contributed by atoms with Gasteiger partial charge in [-0.25, -0.2) is 8.42 Å². The highest BCUT2D eigenvalue weighted by Gasteiger charge is 2.25. The Balaban J connectivity index is 1.86. The van der Waals surface area contributed by atoms with Crippen molar-refractivity contribution in [2.75, 3.05) is 12.3 Å². The molecule has 2 aromatic rings. The smallest absolute Gasteiger partial charge is 0.221 e. The van der Waals surface area contributed by atoms with Crippen LogP contribution in [0.5, 0.6) is 0 Å². The molecule has 0 unspecified atom stereocenters. The van der Waals surface area contributed by atoms with E-state index >= 15 is 0 Å². The molecule has 1 heterocycles. The molecular formula is C16H19NO4S2. The molecule has 1 amide bonds. The molecule has 2 N–H and O–H groups in total. The van der Waals surface area contributed by atoms with Crippen LogP contribution >= 0.6 is 11.3 Å². The van der Waals surface area contributed by atoms with Crippen LogP contribution in [0, 0.1) is 0 Å². The molecule has 0 bridgehead atoms. The summed E-state index contributed by atoms with van der Waals surface area (Å²) in [6.45, 7) is 1.65. The van der Waals surface area contributed by atoms with Crippen molar-refractivity contribution < 1.29 is 18.3 Å². The van der Waals surface area contributed by atoms with Crippen LogP contribution in [0.15, 0.2) is 52.7 Å². The lowest BCUT2D eigenvalue weighted by atomic mass is 10.1. The van der Waals surface area contributed by atoms with Gasteiger partial charge in [0.2, 0.25) is 5.91 Å². The number of sulfone groups is 1. The third-order valence-electron chi connectivity index (χ3n) is 3.38. The number of rotatable bonds is 7. The molecule has 1 aromatic carbocycles. The Morgan fingerprint density at radius 2 is 1.91 bits per heavy atom. The molecular weight excluding hydrogens is 334 g/mol.